The van der Waals surface area contributed by atoms with E-state index in [9.17, 15) is 8.42 Å². The maximum absolute atomic E-state index is 12.2. The number of benzene rings is 2. The molecule has 27 heavy (non-hydrogen) atoms. The highest BCUT2D eigenvalue weighted by Gasteiger charge is 2.23. The second-order valence-corrected chi connectivity index (χ2v) is 9.59. The number of quaternary nitrogens is 1. The Labute approximate surface area is 163 Å². The Kier molecular flexibility index (Phi) is 6.68. The zero-order valence-corrected chi connectivity index (χ0v) is 17.1. The first kappa shape index (κ1) is 20.1. The molecule has 1 saturated heterocycles. The highest BCUT2D eigenvalue weighted by atomic mass is 32.2. The van der Waals surface area contributed by atoms with Crippen molar-refractivity contribution in [2.24, 2.45) is 0 Å². The molecule has 1 aliphatic rings. The maximum Gasteiger partial charge on any atom is 0.180 e. The Balaban J connectivity index is 1.63. The highest BCUT2D eigenvalue weighted by Crippen LogP contribution is 2.22. The fourth-order valence-electron chi connectivity index (χ4n) is 3.79. The molecule has 2 aromatic carbocycles. The Bertz CT molecular complexity index is 829. The van der Waals surface area contributed by atoms with Crippen molar-refractivity contribution in [1.82, 2.24) is 0 Å². The minimum atomic E-state index is -3.28. The average Bonchev–Trinajstić information content (AvgIpc) is 3.10. The van der Waals surface area contributed by atoms with Crippen LogP contribution in [0.3, 0.4) is 0 Å². The molecule has 0 aliphatic carbocycles. The summed E-state index contributed by atoms with van der Waals surface area (Å²) in [6, 6.07) is 16.6. The highest BCUT2D eigenvalue weighted by molar-refractivity contribution is 7.91. The number of rotatable bonds is 8. The summed E-state index contributed by atoms with van der Waals surface area (Å²) in [4.78, 5) is 2.08. The van der Waals surface area contributed by atoms with Crippen molar-refractivity contribution >= 4 is 9.84 Å². The molecule has 0 bridgehead atoms. The van der Waals surface area contributed by atoms with Crippen LogP contribution in [0.2, 0.25) is 0 Å². The molecule has 1 N–H and O–H groups in total. The standard InChI is InChI=1S/C22H29NO3S/c1-18-4-3-14-23(18)15-13-19-5-7-20(8-6-19)21-9-11-22(12-10-21)27(24,25)17-16-26-2/h5-12,18H,3-4,13-17H2,1-2H3/p+1/t18-/m1/s1. The molecular formula is C22H30NO3S+. The van der Waals surface area contributed by atoms with Crippen LogP contribution in [-0.2, 0) is 21.0 Å². The molecule has 3 rings (SSSR count). The first-order valence-corrected chi connectivity index (χ1v) is 11.4. The van der Waals surface area contributed by atoms with Crippen LogP contribution in [-0.4, -0.2) is 47.0 Å². The number of ether oxygens (including phenoxy) is 1. The smallest absolute Gasteiger partial charge is 0.180 e. The van der Waals surface area contributed by atoms with Crippen LogP contribution in [0, 0.1) is 0 Å². The topological polar surface area (TPSA) is 47.8 Å². The van der Waals surface area contributed by atoms with E-state index in [0.717, 1.165) is 23.6 Å². The van der Waals surface area contributed by atoms with Crippen molar-refractivity contribution in [3.8, 4) is 11.1 Å². The lowest BCUT2D eigenvalue weighted by molar-refractivity contribution is -0.910. The van der Waals surface area contributed by atoms with E-state index in [1.165, 1.54) is 38.6 Å². The van der Waals surface area contributed by atoms with E-state index in [4.69, 9.17) is 4.74 Å². The lowest BCUT2D eigenvalue weighted by atomic mass is 10.0. The van der Waals surface area contributed by atoms with Crippen LogP contribution in [0.4, 0.5) is 0 Å². The first-order chi connectivity index (χ1) is 13.0. The van der Waals surface area contributed by atoms with Crippen LogP contribution in [0.25, 0.3) is 11.1 Å². The summed E-state index contributed by atoms with van der Waals surface area (Å²) < 4.78 is 29.3. The van der Waals surface area contributed by atoms with Gasteiger partial charge in [-0.25, -0.2) is 8.42 Å². The van der Waals surface area contributed by atoms with Crippen molar-refractivity contribution in [3.63, 3.8) is 0 Å². The summed E-state index contributed by atoms with van der Waals surface area (Å²) in [5, 5.41) is 0. The van der Waals surface area contributed by atoms with Gasteiger partial charge in [0.1, 0.15) is 0 Å². The summed E-state index contributed by atoms with van der Waals surface area (Å²) in [5.74, 6) is 0.00909. The zero-order valence-electron chi connectivity index (χ0n) is 16.3. The van der Waals surface area contributed by atoms with Crippen LogP contribution < -0.4 is 4.90 Å². The SMILES string of the molecule is COCCS(=O)(=O)c1ccc(-c2ccc(CC[NH+]3CCC[C@H]3C)cc2)cc1. The minimum absolute atomic E-state index is 0.00909. The van der Waals surface area contributed by atoms with Gasteiger partial charge in [-0.1, -0.05) is 36.4 Å². The van der Waals surface area contributed by atoms with E-state index >= 15 is 0 Å². The fourth-order valence-corrected chi connectivity index (χ4v) is 4.96. The summed E-state index contributed by atoms with van der Waals surface area (Å²) in [6.45, 7) is 5.07. The third-order valence-electron chi connectivity index (χ3n) is 5.62. The third kappa shape index (κ3) is 5.18. The van der Waals surface area contributed by atoms with Gasteiger partial charge in [0.05, 0.1) is 36.4 Å². The van der Waals surface area contributed by atoms with Gasteiger partial charge < -0.3 is 9.64 Å². The van der Waals surface area contributed by atoms with Gasteiger partial charge in [0.15, 0.2) is 9.84 Å². The van der Waals surface area contributed by atoms with E-state index in [1.807, 2.05) is 12.1 Å². The van der Waals surface area contributed by atoms with E-state index in [1.54, 1.807) is 17.0 Å². The molecule has 2 atom stereocenters. The second-order valence-electron chi connectivity index (χ2n) is 7.48. The Hall–Kier alpha value is -1.69. The summed E-state index contributed by atoms with van der Waals surface area (Å²) >= 11 is 0. The molecule has 0 spiro atoms. The number of methoxy groups -OCH3 is 1. The monoisotopic (exact) mass is 388 g/mol. The quantitative estimate of drug-likeness (QED) is 0.755. The van der Waals surface area contributed by atoms with E-state index in [-0.39, 0.29) is 12.4 Å². The van der Waals surface area contributed by atoms with Gasteiger partial charge in [-0.2, -0.15) is 0 Å². The molecule has 1 unspecified atom stereocenters. The molecular weight excluding hydrogens is 358 g/mol. The van der Waals surface area contributed by atoms with Crippen molar-refractivity contribution in [1.29, 1.82) is 0 Å². The van der Waals surface area contributed by atoms with Gasteiger partial charge in [-0.3, -0.25) is 0 Å². The number of likely N-dealkylation sites (tertiary alicyclic amines) is 1. The van der Waals surface area contributed by atoms with Gasteiger partial charge in [-0.15, -0.1) is 0 Å². The normalized spacial score (nSPS) is 20.1. The Morgan fingerprint density at radius 2 is 1.67 bits per heavy atom. The number of hydrogen-bond acceptors (Lipinski definition) is 3. The van der Waals surface area contributed by atoms with Crippen LogP contribution in [0.15, 0.2) is 53.4 Å². The molecule has 1 aliphatic heterocycles. The van der Waals surface area contributed by atoms with E-state index in [2.05, 4.69) is 31.2 Å². The van der Waals surface area contributed by atoms with Crippen molar-refractivity contribution < 1.29 is 18.1 Å². The average molecular weight is 389 g/mol. The largest absolute Gasteiger partial charge is 0.384 e. The van der Waals surface area contributed by atoms with Gasteiger partial charge >= 0.3 is 0 Å². The van der Waals surface area contributed by atoms with Gasteiger partial charge in [0.2, 0.25) is 0 Å². The van der Waals surface area contributed by atoms with Crippen molar-refractivity contribution in [2.45, 2.75) is 37.1 Å². The second kappa shape index (κ2) is 9.00. The van der Waals surface area contributed by atoms with E-state index in [0.29, 0.717) is 4.90 Å². The number of sulfone groups is 1. The van der Waals surface area contributed by atoms with Crippen LogP contribution in [0.1, 0.15) is 25.3 Å². The molecule has 1 fully saturated rings. The lowest BCUT2D eigenvalue weighted by Crippen LogP contribution is -3.13. The molecule has 0 aromatic heterocycles. The molecule has 4 nitrogen and oxygen atoms in total. The molecule has 0 saturated carbocycles. The fraction of sp³-hybridized carbons (Fsp3) is 0.455. The third-order valence-corrected chi connectivity index (χ3v) is 7.32. The number of nitrogens with one attached hydrogen (secondary N) is 1. The van der Waals surface area contributed by atoms with E-state index < -0.39 is 9.84 Å². The molecule has 5 heteroatoms. The molecule has 2 aromatic rings. The van der Waals surface area contributed by atoms with Crippen molar-refractivity contribution in [3.05, 3.63) is 54.1 Å². The summed E-state index contributed by atoms with van der Waals surface area (Å²) in [5.41, 5.74) is 3.51. The summed E-state index contributed by atoms with van der Waals surface area (Å²) in [6.07, 6.45) is 3.81. The molecule has 0 amide bonds. The van der Waals surface area contributed by atoms with Crippen LogP contribution in [0.5, 0.6) is 0 Å². The van der Waals surface area contributed by atoms with Crippen LogP contribution >= 0.6 is 0 Å². The molecule has 0 radical (unpaired) electrons. The maximum atomic E-state index is 12.2. The predicted molar refractivity (Wildman–Crippen MR) is 109 cm³/mol. The molecule has 146 valence electrons. The van der Waals surface area contributed by atoms with Gasteiger partial charge in [0, 0.05) is 26.4 Å². The first-order valence-electron chi connectivity index (χ1n) is 9.75. The Morgan fingerprint density at radius 1 is 1.04 bits per heavy atom. The molecule has 1 heterocycles. The minimum Gasteiger partial charge on any atom is -0.384 e. The Morgan fingerprint density at radius 3 is 2.22 bits per heavy atom. The lowest BCUT2D eigenvalue weighted by Gasteiger charge is -2.18. The van der Waals surface area contributed by atoms with Gasteiger partial charge in [0.25, 0.3) is 0 Å². The summed E-state index contributed by atoms with van der Waals surface area (Å²) in [7, 11) is -1.77. The van der Waals surface area contributed by atoms with Crippen molar-refractivity contribution in [2.75, 3.05) is 32.6 Å². The zero-order chi connectivity index (χ0) is 19.3. The predicted octanol–water partition coefficient (Wildman–Crippen LogP) is 2.38. The van der Waals surface area contributed by atoms with Gasteiger partial charge in [-0.05, 0) is 35.7 Å². The number of hydrogen-bond donors (Lipinski definition) is 1.